The molecule has 0 fully saturated rings. The quantitative estimate of drug-likeness (QED) is 0.403. The first kappa shape index (κ1) is 26.7. The van der Waals surface area contributed by atoms with Gasteiger partial charge in [0.15, 0.2) is 5.69 Å². The number of nitrogens with one attached hydrogen (secondary N) is 1. The van der Waals surface area contributed by atoms with Gasteiger partial charge < -0.3 is 15.0 Å². The number of nitrogens with zero attached hydrogens (tertiary/aromatic N) is 4. The maximum Gasteiger partial charge on any atom is 0.330 e. The molecule has 184 valence electrons. The minimum Gasteiger partial charge on any atom is -0.383 e. The molecule has 0 radical (unpaired) electrons. The molecule has 0 bridgehead atoms. The average Bonchev–Trinajstić information content (AvgIpc) is 3.04. The van der Waals surface area contributed by atoms with Crippen LogP contribution in [0.4, 0.5) is 11.5 Å². The Bertz CT molecular complexity index is 1230. The molecule has 10 heteroatoms. The molecule has 0 atom stereocenters. The predicted octanol–water partition coefficient (Wildman–Crippen LogP) is 2.19. The molecule has 0 unspecified atom stereocenters. The average molecular weight is 471 g/mol. The third-order valence-corrected chi connectivity index (χ3v) is 5.51. The van der Waals surface area contributed by atoms with Gasteiger partial charge in [0.1, 0.15) is 17.5 Å². The summed E-state index contributed by atoms with van der Waals surface area (Å²) in [7, 11) is 1.46. The molecule has 3 N–H and O–H groups in total. The number of nitrogens with two attached hydrogens (primary N) is 1. The molecule has 0 spiro atoms. The van der Waals surface area contributed by atoms with E-state index in [0.717, 1.165) is 34.8 Å². The zero-order chi connectivity index (χ0) is 25.6. The lowest BCUT2D eigenvalue weighted by Gasteiger charge is -2.24. The van der Waals surface area contributed by atoms with Crippen LogP contribution >= 0.6 is 0 Å². The van der Waals surface area contributed by atoms with E-state index in [2.05, 4.69) is 16.5 Å². The van der Waals surface area contributed by atoms with E-state index in [9.17, 15) is 19.6 Å². The van der Waals surface area contributed by atoms with Gasteiger partial charge in [0.25, 0.3) is 11.5 Å². The predicted molar refractivity (Wildman–Crippen MR) is 133 cm³/mol. The lowest BCUT2D eigenvalue weighted by atomic mass is 10.1. The highest BCUT2D eigenvalue weighted by atomic mass is 16.5. The van der Waals surface area contributed by atoms with Crippen LogP contribution in [0.15, 0.2) is 21.2 Å². The van der Waals surface area contributed by atoms with E-state index in [4.69, 9.17) is 10.5 Å². The van der Waals surface area contributed by atoms with Gasteiger partial charge >= 0.3 is 5.69 Å². The fourth-order valence-corrected chi connectivity index (χ4v) is 3.87. The first-order chi connectivity index (χ1) is 16.1. The van der Waals surface area contributed by atoms with Crippen molar-refractivity contribution >= 4 is 23.5 Å². The summed E-state index contributed by atoms with van der Waals surface area (Å²) in [6.07, 6.45) is 2.47. The Labute approximate surface area is 199 Å². The molecule has 2 aromatic heterocycles. The molecule has 2 rings (SSSR count). The fourth-order valence-electron chi connectivity index (χ4n) is 3.87. The molecular formula is C24H34N6O4. The van der Waals surface area contributed by atoms with Crippen LogP contribution < -0.4 is 21.9 Å². The van der Waals surface area contributed by atoms with Crippen molar-refractivity contribution in [1.82, 2.24) is 14.1 Å². The summed E-state index contributed by atoms with van der Waals surface area (Å²) in [5.74, 6) is -0.771. The highest BCUT2D eigenvalue weighted by Crippen LogP contribution is 2.23. The molecule has 34 heavy (non-hydrogen) atoms. The highest BCUT2D eigenvalue weighted by Gasteiger charge is 2.27. The molecule has 1 amide bonds. The first-order valence-corrected chi connectivity index (χ1v) is 11.3. The Kier molecular flexibility index (Phi) is 9.04. The SMILES string of the molecule is CCCn1c(C)cc(/C=C(/C#N)C(=O)N(CCOC)c2c(N)n(CC(C)C)c(=O)[nH]c2=O)c1C. The van der Waals surface area contributed by atoms with Crippen LogP contribution in [0, 0.1) is 31.1 Å². The molecule has 0 aliphatic heterocycles. The van der Waals surface area contributed by atoms with Crippen molar-refractivity contribution in [3.63, 3.8) is 0 Å². The zero-order valence-electron chi connectivity index (χ0n) is 20.8. The lowest BCUT2D eigenvalue weighted by Crippen LogP contribution is -2.43. The number of amides is 1. The number of hydrogen-bond donors (Lipinski definition) is 2. The summed E-state index contributed by atoms with van der Waals surface area (Å²) in [6, 6.07) is 3.88. The number of carbonyl (C=O) groups excluding carboxylic acids is 1. The zero-order valence-corrected chi connectivity index (χ0v) is 20.8. The molecule has 2 heterocycles. The van der Waals surface area contributed by atoms with E-state index in [1.807, 2.05) is 39.8 Å². The number of nitriles is 1. The molecule has 0 aliphatic rings. The first-order valence-electron chi connectivity index (χ1n) is 11.3. The van der Waals surface area contributed by atoms with Gasteiger partial charge in [0.2, 0.25) is 0 Å². The van der Waals surface area contributed by atoms with E-state index in [1.165, 1.54) is 17.8 Å². The Balaban J connectivity index is 2.64. The van der Waals surface area contributed by atoms with Gasteiger partial charge in [-0.05, 0) is 43.9 Å². The number of nitrogen functional groups attached to an aromatic ring is 1. The van der Waals surface area contributed by atoms with Crippen LogP contribution in [0.3, 0.4) is 0 Å². The van der Waals surface area contributed by atoms with E-state index in [-0.39, 0.29) is 42.7 Å². The number of hydrogen-bond acceptors (Lipinski definition) is 6. The molecule has 10 nitrogen and oxygen atoms in total. The number of carbonyl (C=O) groups is 1. The van der Waals surface area contributed by atoms with Crippen LogP contribution in [0.25, 0.3) is 6.08 Å². The van der Waals surface area contributed by atoms with Crippen molar-refractivity contribution in [3.8, 4) is 6.07 Å². The number of methoxy groups -OCH3 is 1. The maximum atomic E-state index is 13.5. The Morgan fingerprint density at radius 3 is 2.56 bits per heavy atom. The summed E-state index contributed by atoms with van der Waals surface area (Å²) in [4.78, 5) is 42.0. The Hall–Kier alpha value is -3.58. The second-order valence-corrected chi connectivity index (χ2v) is 8.60. The third kappa shape index (κ3) is 5.66. The summed E-state index contributed by atoms with van der Waals surface area (Å²) >= 11 is 0. The Morgan fingerprint density at radius 1 is 1.32 bits per heavy atom. The second-order valence-electron chi connectivity index (χ2n) is 8.60. The number of anilines is 2. The maximum absolute atomic E-state index is 13.5. The number of rotatable bonds is 10. The molecular weight excluding hydrogens is 436 g/mol. The smallest absolute Gasteiger partial charge is 0.330 e. The standard InChI is InChI=1S/C24H34N6O4/c1-7-8-28-16(4)11-18(17(28)5)12-19(13-25)23(32)29(9-10-34-6)20-21(26)30(14-15(2)3)24(33)27-22(20)31/h11-12,15H,7-10,14,26H2,1-6H3,(H,27,31,33)/b19-12-. The summed E-state index contributed by atoms with van der Waals surface area (Å²) in [6.45, 7) is 10.9. The Morgan fingerprint density at radius 2 is 2.00 bits per heavy atom. The summed E-state index contributed by atoms with van der Waals surface area (Å²) in [5.41, 5.74) is 7.13. The van der Waals surface area contributed by atoms with Gasteiger partial charge in [-0.15, -0.1) is 0 Å². The molecule has 0 saturated carbocycles. The summed E-state index contributed by atoms with van der Waals surface area (Å²) in [5, 5.41) is 9.83. The van der Waals surface area contributed by atoms with Crippen molar-refractivity contribution in [3.05, 3.63) is 49.4 Å². The third-order valence-electron chi connectivity index (χ3n) is 5.51. The molecule has 0 aliphatic carbocycles. The van der Waals surface area contributed by atoms with Crippen molar-refractivity contribution in [1.29, 1.82) is 5.26 Å². The van der Waals surface area contributed by atoms with Gasteiger partial charge in [-0.2, -0.15) is 5.26 Å². The highest BCUT2D eigenvalue weighted by molar-refractivity contribution is 6.12. The van der Waals surface area contributed by atoms with Gasteiger partial charge in [0, 0.05) is 38.1 Å². The number of aromatic nitrogens is 3. The molecule has 0 aromatic carbocycles. The minimum absolute atomic E-state index is 0.0314. The van der Waals surface area contributed by atoms with Crippen LogP contribution in [0.2, 0.25) is 0 Å². The number of H-pyrrole nitrogens is 1. The van der Waals surface area contributed by atoms with E-state index >= 15 is 0 Å². The number of aromatic amines is 1. The minimum atomic E-state index is -0.801. The normalized spacial score (nSPS) is 11.6. The van der Waals surface area contributed by atoms with Crippen molar-refractivity contribution in [2.75, 3.05) is 30.9 Å². The van der Waals surface area contributed by atoms with Gasteiger partial charge in [0.05, 0.1) is 6.61 Å². The van der Waals surface area contributed by atoms with Gasteiger partial charge in [-0.1, -0.05) is 20.8 Å². The molecule has 0 saturated heterocycles. The van der Waals surface area contributed by atoms with Crippen molar-refractivity contribution in [2.24, 2.45) is 5.92 Å². The topological polar surface area (TPSA) is 139 Å². The number of ether oxygens (including phenoxy) is 1. The monoisotopic (exact) mass is 470 g/mol. The molecule has 2 aromatic rings. The largest absolute Gasteiger partial charge is 0.383 e. The van der Waals surface area contributed by atoms with Crippen LogP contribution in [-0.2, 0) is 22.6 Å². The van der Waals surface area contributed by atoms with Crippen LogP contribution in [0.1, 0.15) is 44.1 Å². The summed E-state index contributed by atoms with van der Waals surface area (Å²) < 4.78 is 8.47. The van der Waals surface area contributed by atoms with Crippen molar-refractivity contribution < 1.29 is 9.53 Å². The van der Waals surface area contributed by atoms with Gasteiger partial charge in [-0.3, -0.25) is 24.0 Å². The van der Waals surface area contributed by atoms with E-state index < -0.39 is 17.2 Å². The fraction of sp³-hybridized carbons (Fsp3) is 0.500. The van der Waals surface area contributed by atoms with Crippen LogP contribution in [0.5, 0.6) is 0 Å². The number of aryl methyl sites for hydroxylation is 1. The lowest BCUT2D eigenvalue weighted by molar-refractivity contribution is -0.114. The van der Waals surface area contributed by atoms with E-state index in [1.54, 1.807) is 0 Å². The van der Waals surface area contributed by atoms with Crippen LogP contribution in [-0.4, -0.2) is 40.3 Å². The second kappa shape index (κ2) is 11.5. The van der Waals surface area contributed by atoms with Gasteiger partial charge in [-0.25, -0.2) is 4.79 Å². The van der Waals surface area contributed by atoms with Crippen molar-refractivity contribution in [2.45, 2.75) is 54.1 Å². The van der Waals surface area contributed by atoms with E-state index in [0.29, 0.717) is 0 Å².